The van der Waals surface area contributed by atoms with E-state index in [0.717, 1.165) is 11.6 Å². The molecule has 0 atom stereocenters. The highest BCUT2D eigenvalue weighted by Gasteiger charge is 2.10. The van der Waals surface area contributed by atoms with Crippen molar-refractivity contribution < 1.29 is 18.4 Å². The zero-order chi connectivity index (χ0) is 17.5. The van der Waals surface area contributed by atoms with Crippen LogP contribution in [0.15, 0.2) is 42.5 Å². The van der Waals surface area contributed by atoms with Gasteiger partial charge in [0.15, 0.2) is 0 Å². The third-order valence-corrected chi connectivity index (χ3v) is 3.46. The van der Waals surface area contributed by atoms with Gasteiger partial charge in [-0.1, -0.05) is 23.7 Å². The van der Waals surface area contributed by atoms with Crippen LogP contribution in [-0.2, 0) is 16.0 Å². The van der Waals surface area contributed by atoms with Crippen molar-refractivity contribution in [2.24, 2.45) is 0 Å². The van der Waals surface area contributed by atoms with Gasteiger partial charge in [0.05, 0.1) is 5.02 Å². The molecular weight excluding hydrogens is 338 g/mol. The van der Waals surface area contributed by atoms with Crippen molar-refractivity contribution in [3.63, 3.8) is 0 Å². The second-order valence-electron chi connectivity index (χ2n) is 5.08. The van der Waals surface area contributed by atoms with E-state index in [1.54, 1.807) is 12.1 Å². The topological polar surface area (TPSA) is 58.2 Å². The number of nitrogens with one attached hydrogen (secondary N) is 2. The van der Waals surface area contributed by atoms with E-state index in [1.807, 2.05) is 0 Å². The summed E-state index contributed by atoms with van der Waals surface area (Å²) in [4.78, 5) is 23.4. The van der Waals surface area contributed by atoms with Crippen LogP contribution in [0.3, 0.4) is 0 Å². The Morgan fingerprint density at radius 2 is 1.71 bits per heavy atom. The van der Waals surface area contributed by atoms with Crippen molar-refractivity contribution in [1.82, 2.24) is 5.32 Å². The Balaban J connectivity index is 1.74. The molecule has 0 bridgehead atoms. The van der Waals surface area contributed by atoms with Crippen LogP contribution in [0.5, 0.6) is 0 Å². The zero-order valence-corrected chi connectivity index (χ0v) is 13.4. The number of anilines is 1. The lowest BCUT2D eigenvalue weighted by Gasteiger charge is -2.07. The summed E-state index contributed by atoms with van der Waals surface area (Å²) in [5.41, 5.74) is 1.19. The number of halogens is 3. The fraction of sp³-hybridized carbons (Fsp3) is 0.176. The molecule has 0 spiro atoms. The van der Waals surface area contributed by atoms with E-state index in [-0.39, 0.29) is 17.3 Å². The van der Waals surface area contributed by atoms with Crippen molar-refractivity contribution in [3.8, 4) is 0 Å². The summed E-state index contributed by atoms with van der Waals surface area (Å²) >= 11 is 5.61. The maximum atomic E-state index is 13.0. The van der Waals surface area contributed by atoms with E-state index < -0.39 is 17.6 Å². The van der Waals surface area contributed by atoms with Crippen LogP contribution in [0.25, 0.3) is 0 Å². The second kappa shape index (κ2) is 8.40. The number of carbonyl (C=O) groups excluding carboxylic acids is 2. The van der Waals surface area contributed by atoms with Crippen molar-refractivity contribution in [2.75, 3.05) is 11.9 Å². The number of benzene rings is 2. The minimum atomic E-state index is -0.590. The molecule has 4 nitrogen and oxygen atoms in total. The molecule has 0 aliphatic rings. The number of hydrogen-bond acceptors (Lipinski definition) is 2. The largest absolute Gasteiger partial charge is 0.355 e. The first kappa shape index (κ1) is 17.9. The summed E-state index contributed by atoms with van der Waals surface area (Å²) in [6.07, 6.45) is 0.166. The summed E-state index contributed by atoms with van der Waals surface area (Å²) in [6, 6.07) is 9.70. The standard InChI is InChI=1S/C17H15ClF2N2O2/c18-14-9-13(5-6-15(14)20)22-17(24)10-16(23)21-8-7-11-1-3-12(19)4-2-11/h1-6,9H,7-8,10H2,(H,21,23)(H,22,24). The average Bonchev–Trinajstić information content (AvgIpc) is 2.53. The Hall–Kier alpha value is -2.47. The van der Waals surface area contributed by atoms with E-state index in [1.165, 1.54) is 24.3 Å². The maximum Gasteiger partial charge on any atom is 0.233 e. The molecule has 2 rings (SSSR count). The van der Waals surface area contributed by atoms with Crippen LogP contribution >= 0.6 is 11.6 Å². The second-order valence-corrected chi connectivity index (χ2v) is 5.49. The average molecular weight is 353 g/mol. The fourth-order valence-electron chi connectivity index (χ4n) is 1.98. The summed E-state index contributed by atoms with van der Waals surface area (Å²) in [7, 11) is 0. The molecule has 0 aliphatic carbocycles. The van der Waals surface area contributed by atoms with Gasteiger partial charge in [0, 0.05) is 12.2 Å². The molecule has 24 heavy (non-hydrogen) atoms. The maximum absolute atomic E-state index is 13.0. The van der Waals surface area contributed by atoms with Crippen LogP contribution in [0.1, 0.15) is 12.0 Å². The SMILES string of the molecule is O=C(CC(=O)Nc1ccc(F)c(Cl)c1)NCCc1ccc(F)cc1. The van der Waals surface area contributed by atoms with Crippen molar-refractivity contribution >= 4 is 29.1 Å². The van der Waals surface area contributed by atoms with Crippen LogP contribution in [-0.4, -0.2) is 18.4 Å². The smallest absolute Gasteiger partial charge is 0.233 e. The van der Waals surface area contributed by atoms with Crippen molar-refractivity contribution in [2.45, 2.75) is 12.8 Å². The zero-order valence-electron chi connectivity index (χ0n) is 12.6. The Labute approximate surface area is 142 Å². The molecule has 0 aliphatic heterocycles. The Morgan fingerprint density at radius 1 is 1.00 bits per heavy atom. The normalized spacial score (nSPS) is 10.3. The molecule has 0 saturated heterocycles. The molecule has 2 amide bonds. The lowest BCUT2D eigenvalue weighted by molar-refractivity contribution is -0.126. The van der Waals surface area contributed by atoms with Gasteiger partial charge in [0.1, 0.15) is 18.1 Å². The van der Waals surface area contributed by atoms with E-state index in [0.29, 0.717) is 18.7 Å². The van der Waals surface area contributed by atoms with E-state index in [4.69, 9.17) is 11.6 Å². The van der Waals surface area contributed by atoms with Crippen molar-refractivity contribution in [3.05, 3.63) is 64.7 Å². The third kappa shape index (κ3) is 5.62. The number of amides is 2. The quantitative estimate of drug-likeness (QED) is 0.784. The first-order valence-corrected chi connectivity index (χ1v) is 7.58. The third-order valence-electron chi connectivity index (χ3n) is 3.17. The monoisotopic (exact) mass is 352 g/mol. The van der Waals surface area contributed by atoms with Gasteiger partial charge in [-0.3, -0.25) is 9.59 Å². The fourth-order valence-corrected chi connectivity index (χ4v) is 2.17. The van der Waals surface area contributed by atoms with E-state index in [2.05, 4.69) is 10.6 Å². The van der Waals surface area contributed by atoms with Gasteiger partial charge < -0.3 is 10.6 Å². The summed E-state index contributed by atoms with van der Waals surface area (Å²) in [5.74, 6) is -1.88. The Morgan fingerprint density at radius 3 is 2.38 bits per heavy atom. The van der Waals surface area contributed by atoms with Gasteiger partial charge in [0.2, 0.25) is 11.8 Å². The molecule has 0 unspecified atom stereocenters. The lowest BCUT2D eigenvalue weighted by Crippen LogP contribution is -2.29. The number of hydrogen-bond donors (Lipinski definition) is 2. The Kier molecular flexibility index (Phi) is 6.26. The Bertz CT molecular complexity index is 736. The molecule has 2 N–H and O–H groups in total. The summed E-state index contributed by atoms with van der Waals surface area (Å²) < 4.78 is 25.8. The highest BCUT2D eigenvalue weighted by atomic mass is 35.5. The molecule has 7 heteroatoms. The van der Waals surface area contributed by atoms with E-state index in [9.17, 15) is 18.4 Å². The summed E-state index contributed by atoms with van der Waals surface area (Å²) in [5, 5.41) is 4.95. The molecule has 2 aromatic carbocycles. The molecule has 126 valence electrons. The summed E-state index contributed by atoms with van der Waals surface area (Å²) in [6.45, 7) is 0.333. The minimum Gasteiger partial charge on any atom is -0.355 e. The number of carbonyl (C=O) groups is 2. The first-order chi connectivity index (χ1) is 11.4. The molecule has 0 radical (unpaired) electrons. The van der Waals surface area contributed by atoms with Crippen LogP contribution in [0.4, 0.5) is 14.5 Å². The highest BCUT2D eigenvalue weighted by molar-refractivity contribution is 6.31. The van der Waals surface area contributed by atoms with Crippen LogP contribution < -0.4 is 10.6 Å². The number of rotatable bonds is 6. The molecule has 0 aromatic heterocycles. The first-order valence-electron chi connectivity index (χ1n) is 7.20. The predicted octanol–water partition coefficient (Wildman–Crippen LogP) is 3.31. The van der Waals surface area contributed by atoms with Gasteiger partial charge in [0.25, 0.3) is 0 Å². The minimum absolute atomic E-state index is 0.114. The van der Waals surface area contributed by atoms with Gasteiger partial charge in [-0.2, -0.15) is 0 Å². The van der Waals surface area contributed by atoms with Gasteiger partial charge in [-0.05, 0) is 42.3 Å². The van der Waals surface area contributed by atoms with E-state index >= 15 is 0 Å². The highest BCUT2D eigenvalue weighted by Crippen LogP contribution is 2.19. The lowest BCUT2D eigenvalue weighted by atomic mass is 10.1. The molecule has 2 aromatic rings. The van der Waals surface area contributed by atoms with Gasteiger partial charge in [-0.15, -0.1) is 0 Å². The van der Waals surface area contributed by atoms with Gasteiger partial charge in [-0.25, -0.2) is 8.78 Å². The van der Waals surface area contributed by atoms with Crippen molar-refractivity contribution in [1.29, 1.82) is 0 Å². The molecule has 0 fully saturated rings. The molecule has 0 heterocycles. The van der Waals surface area contributed by atoms with Crippen LogP contribution in [0, 0.1) is 11.6 Å². The molecular formula is C17H15ClF2N2O2. The predicted molar refractivity (Wildman–Crippen MR) is 87.8 cm³/mol. The van der Waals surface area contributed by atoms with Gasteiger partial charge >= 0.3 is 0 Å². The molecule has 0 saturated carbocycles. The van der Waals surface area contributed by atoms with Crippen LogP contribution in [0.2, 0.25) is 5.02 Å².